The van der Waals surface area contributed by atoms with Gasteiger partial charge in [0.2, 0.25) is 0 Å². The van der Waals surface area contributed by atoms with E-state index in [0.29, 0.717) is 24.1 Å². The molecule has 1 saturated heterocycles. The molecule has 2 aromatic heterocycles. The molecule has 190 valence electrons. The molecule has 0 amide bonds. The number of anilines is 2. The Hall–Kier alpha value is -3.43. The third-order valence-electron chi connectivity index (χ3n) is 7.00. The Balaban J connectivity index is 1.33. The van der Waals surface area contributed by atoms with Crippen molar-refractivity contribution in [2.75, 3.05) is 44.9 Å². The topological polar surface area (TPSA) is 122 Å². The van der Waals surface area contributed by atoms with E-state index < -0.39 is 0 Å². The Labute approximate surface area is 211 Å². The molecule has 5 rings (SSSR count). The Bertz CT molecular complexity index is 1230. The molecule has 0 unspecified atom stereocenters. The number of ether oxygens (including phenoxy) is 3. The molecule has 4 N–H and O–H groups in total. The maximum Gasteiger partial charge on any atom is 0.258 e. The van der Waals surface area contributed by atoms with Crippen molar-refractivity contribution in [1.82, 2.24) is 19.9 Å². The summed E-state index contributed by atoms with van der Waals surface area (Å²) in [5.41, 5.74) is 18.8. The van der Waals surface area contributed by atoms with Gasteiger partial charge in [-0.1, -0.05) is 0 Å². The van der Waals surface area contributed by atoms with Gasteiger partial charge in [0.1, 0.15) is 6.61 Å². The van der Waals surface area contributed by atoms with E-state index in [9.17, 15) is 0 Å². The molecule has 36 heavy (non-hydrogen) atoms. The molecule has 9 nitrogen and oxygen atoms in total. The van der Waals surface area contributed by atoms with Crippen LogP contribution >= 0.6 is 0 Å². The highest BCUT2D eigenvalue weighted by Gasteiger charge is 2.19. The van der Waals surface area contributed by atoms with Crippen LogP contribution in [0.15, 0.2) is 30.6 Å². The zero-order valence-corrected chi connectivity index (χ0v) is 21.0. The summed E-state index contributed by atoms with van der Waals surface area (Å²) in [5.74, 6) is 1.84. The molecule has 4 heterocycles. The van der Waals surface area contributed by atoms with Crippen molar-refractivity contribution in [2.45, 2.75) is 39.3 Å². The molecule has 1 fully saturated rings. The molecule has 3 aromatic rings. The molecule has 9 heteroatoms. The number of rotatable bonds is 7. The van der Waals surface area contributed by atoms with Gasteiger partial charge in [0.25, 0.3) is 5.88 Å². The molecule has 0 bridgehead atoms. The normalized spacial score (nSPS) is 16.5. The summed E-state index contributed by atoms with van der Waals surface area (Å²) in [5, 5.41) is 0. The van der Waals surface area contributed by atoms with Crippen molar-refractivity contribution in [2.24, 2.45) is 5.92 Å². The quantitative estimate of drug-likeness (QED) is 0.513. The van der Waals surface area contributed by atoms with Gasteiger partial charge < -0.3 is 30.6 Å². The highest BCUT2D eigenvalue weighted by molar-refractivity contribution is 5.64. The van der Waals surface area contributed by atoms with Crippen molar-refractivity contribution < 1.29 is 14.2 Å². The first-order valence-electron chi connectivity index (χ1n) is 12.5. The first-order chi connectivity index (χ1) is 17.5. The number of benzene rings is 1. The van der Waals surface area contributed by atoms with Crippen molar-refractivity contribution in [3.8, 4) is 22.9 Å². The van der Waals surface area contributed by atoms with Gasteiger partial charge in [-0.05, 0) is 74.0 Å². The number of aromatic nitrogens is 3. The van der Waals surface area contributed by atoms with Crippen LogP contribution in [0.25, 0.3) is 11.3 Å². The van der Waals surface area contributed by atoms with Crippen LogP contribution in [0.2, 0.25) is 0 Å². The number of fused-ring (bicyclic) bond motifs is 1. The Morgan fingerprint density at radius 2 is 1.94 bits per heavy atom. The summed E-state index contributed by atoms with van der Waals surface area (Å²) in [6.07, 6.45) is 6.32. The Morgan fingerprint density at radius 3 is 2.78 bits per heavy atom. The third kappa shape index (κ3) is 5.37. The zero-order valence-electron chi connectivity index (χ0n) is 21.0. The summed E-state index contributed by atoms with van der Waals surface area (Å²) < 4.78 is 17.6. The van der Waals surface area contributed by atoms with Gasteiger partial charge in [0.05, 0.1) is 18.5 Å². The van der Waals surface area contributed by atoms with Gasteiger partial charge in [-0.25, -0.2) is 15.0 Å². The summed E-state index contributed by atoms with van der Waals surface area (Å²) in [4.78, 5) is 15.6. The van der Waals surface area contributed by atoms with Crippen molar-refractivity contribution in [1.29, 1.82) is 0 Å². The van der Waals surface area contributed by atoms with Crippen LogP contribution in [-0.2, 0) is 24.3 Å². The lowest BCUT2D eigenvalue weighted by atomic mass is 9.92. The van der Waals surface area contributed by atoms with Gasteiger partial charge >= 0.3 is 0 Å². The predicted octanol–water partition coefficient (Wildman–Crippen LogP) is 3.38. The summed E-state index contributed by atoms with van der Waals surface area (Å²) in [6, 6.07) is 6.21. The van der Waals surface area contributed by atoms with Crippen molar-refractivity contribution in [3.05, 3.63) is 52.8 Å². The molecule has 0 saturated carbocycles. The number of nitrogens with two attached hydrogens (primary N) is 2. The maximum absolute atomic E-state index is 6.14. The monoisotopic (exact) mass is 490 g/mol. The second-order valence-electron chi connectivity index (χ2n) is 9.70. The molecule has 2 aliphatic rings. The lowest BCUT2D eigenvalue weighted by Crippen LogP contribution is -2.27. The van der Waals surface area contributed by atoms with E-state index >= 15 is 0 Å². The third-order valence-corrected chi connectivity index (χ3v) is 7.00. The highest BCUT2D eigenvalue weighted by atomic mass is 16.5. The molecule has 0 aliphatic carbocycles. The van der Waals surface area contributed by atoms with Crippen LogP contribution < -0.4 is 20.9 Å². The number of likely N-dealkylation sites (N-methyl/N-ethyl adjacent to an activating group) is 1. The lowest BCUT2D eigenvalue weighted by molar-refractivity contribution is 0.0495. The summed E-state index contributed by atoms with van der Waals surface area (Å²) in [7, 11) is 2.16. The van der Waals surface area contributed by atoms with Crippen LogP contribution in [0.4, 0.5) is 11.6 Å². The minimum absolute atomic E-state index is 0.188. The number of nitrogens with zero attached hydrogens (tertiary/aromatic N) is 4. The van der Waals surface area contributed by atoms with E-state index in [1.165, 1.54) is 16.7 Å². The van der Waals surface area contributed by atoms with Gasteiger partial charge in [0, 0.05) is 43.6 Å². The molecular formula is C27H34N6O3. The molecule has 0 radical (unpaired) electrons. The van der Waals surface area contributed by atoms with E-state index in [2.05, 4.69) is 41.0 Å². The number of pyridine rings is 1. The molecule has 0 spiro atoms. The smallest absolute Gasteiger partial charge is 0.258 e. The average molecular weight is 491 g/mol. The van der Waals surface area contributed by atoms with Crippen molar-refractivity contribution in [3.63, 3.8) is 0 Å². The van der Waals surface area contributed by atoms with E-state index in [1.807, 2.05) is 6.07 Å². The Morgan fingerprint density at radius 1 is 1.11 bits per heavy atom. The first kappa shape index (κ1) is 24.3. The van der Waals surface area contributed by atoms with Gasteiger partial charge in [0.15, 0.2) is 17.4 Å². The van der Waals surface area contributed by atoms with E-state index in [-0.39, 0.29) is 18.3 Å². The van der Waals surface area contributed by atoms with Gasteiger partial charge in [-0.3, -0.25) is 0 Å². The molecule has 2 aliphatic heterocycles. The number of hydrogen-bond donors (Lipinski definition) is 2. The van der Waals surface area contributed by atoms with E-state index in [0.717, 1.165) is 62.4 Å². The maximum atomic E-state index is 6.14. The summed E-state index contributed by atoms with van der Waals surface area (Å²) >= 11 is 0. The lowest BCUT2D eigenvalue weighted by Gasteiger charge is -2.27. The van der Waals surface area contributed by atoms with Crippen LogP contribution in [0.1, 0.15) is 35.1 Å². The minimum atomic E-state index is 0.188. The fraction of sp³-hybridized carbons (Fsp3) is 0.444. The van der Waals surface area contributed by atoms with E-state index in [4.69, 9.17) is 30.7 Å². The van der Waals surface area contributed by atoms with Crippen LogP contribution in [0.5, 0.6) is 11.6 Å². The SMILES string of the molecule is Cc1cc(-c2cnc(N)c(OCc3ccnc(N)c3OCC3CCOCC3)n2)cc2c1CN(C)CC2. The minimum Gasteiger partial charge on any atom is -0.489 e. The highest BCUT2D eigenvalue weighted by Crippen LogP contribution is 2.31. The molecule has 1 aromatic carbocycles. The van der Waals surface area contributed by atoms with Crippen LogP contribution in [-0.4, -0.2) is 53.3 Å². The van der Waals surface area contributed by atoms with E-state index in [1.54, 1.807) is 12.4 Å². The number of nitrogen functional groups attached to an aromatic ring is 2. The number of hydrogen-bond acceptors (Lipinski definition) is 9. The molecule has 0 atom stereocenters. The van der Waals surface area contributed by atoms with Gasteiger partial charge in [-0.2, -0.15) is 0 Å². The summed E-state index contributed by atoms with van der Waals surface area (Å²) in [6.45, 7) is 6.45. The number of aryl methyl sites for hydroxylation is 1. The molecular weight excluding hydrogens is 456 g/mol. The average Bonchev–Trinajstić information content (AvgIpc) is 2.88. The Kier molecular flexibility index (Phi) is 7.20. The zero-order chi connectivity index (χ0) is 25.1. The largest absolute Gasteiger partial charge is 0.489 e. The predicted molar refractivity (Wildman–Crippen MR) is 139 cm³/mol. The fourth-order valence-corrected chi connectivity index (χ4v) is 4.82. The van der Waals surface area contributed by atoms with Gasteiger partial charge in [-0.15, -0.1) is 0 Å². The standard InChI is InChI=1S/C27H34N6O3/c1-17-11-21(12-19-4-8-33(2)14-22(17)19)23-13-31-26(29)27(32-23)36-16-20-3-7-30-25(28)24(20)35-15-18-5-9-34-10-6-18/h3,7,11-13,18H,4-6,8-10,14-16H2,1-2H3,(H2,28,30)(H2,29,31). The fourth-order valence-electron chi connectivity index (χ4n) is 4.82. The van der Waals surface area contributed by atoms with Crippen LogP contribution in [0, 0.1) is 12.8 Å². The second kappa shape index (κ2) is 10.7. The second-order valence-corrected chi connectivity index (χ2v) is 9.70. The first-order valence-corrected chi connectivity index (χ1v) is 12.5. The van der Waals surface area contributed by atoms with Crippen molar-refractivity contribution >= 4 is 11.6 Å². The van der Waals surface area contributed by atoms with Crippen LogP contribution in [0.3, 0.4) is 0 Å².